The third-order valence-electron chi connectivity index (χ3n) is 3.37. The van der Waals surface area contributed by atoms with Gasteiger partial charge in [-0.05, 0) is 29.8 Å². The van der Waals surface area contributed by atoms with Crippen molar-refractivity contribution < 1.29 is 24.2 Å². The molecule has 0 bridgehead atoms. The minimum Gasteiger partial charge on any atom is -0.493 e. The Balaban J connectivity index is 1.91. The fraction of sp³-hybridized carbons (Fsp3) is 0.235. The number of hydrogen-bond donors (Lipinski definition) is 3. The summed E-state index contributed by atoms with van der Waals surface area (Å²) >= 11 is 0. The van der Waals surface area contributed by atoms with Gasteiger partial charge in [-0.2, -0.15) is 0 Å². The molecule has 0 saturated carbocycles. The van der Waals surface area contributed by atoms with Gasteiger partial charge in [0.1, 0.15) is 0 Å². The summed E-state index contributed by atoms with van der Waals surface area (Å²) in [4.78, 5) is 27.4. The zero-order valence-corrected chi connectivity index (χ0v) is 13.9. The molecular formula is C17H19N3O5. The van der Waals surface area contributed by atoms with E-state index in [2.05, 4.69) is 15.6 Å². The number of nitrogens with zero attached hydrogens (tertiary/aromatic N) is 1. The Morgan fingerprint density at radius 1 is 1.16 bits per heavy atom. The number of pyridine rings is 1. The van der Waals surface area contributed by atoms with Crippen LogP contribution in [0.1, 0.15) is 11.7 Å². The first-order valence-corrected chi connectivity index (χ1v) is 7.44. The smallest absolute Gasteiger partial charge is 0.313 e. The summed E-state index contributed by atoms with van der Waals surface area (Å²) in [7, 11) is 2.99. The summed E-state index contributed by atoms with van der Waals surface area (Å²) in [5.41, 5.74) is 0.925. The number of aliphatic hydroxyl groups is 1. The predicted octanol–water partition coefficient (Wildman–Crippen LogP) is 0.887. The third-order valence-corrected chi connectivity index (χ3v) is 3.37. The van der Waals surface area contributed by atoms with Crippen LogP contribution in [0.25, 0.3) is 0 Å². The zero-order valence-electron chi connectivity index (χ0n) is 13.9. The van der Waals surface area contributed by atoms with Crippen molar-refractivity contribution in [3.63, 3.8) is 0 Å². The van der Waals surface area contributed by atoms with Crippen molar-refractivity contribution in [2.75, 3.05) is 26.1 Å². The van der Waals surface area contributed by atoms with Crippen LogP contribution in [0.2, 0.25) is 0 Å². The van der Waals surface area contributed by atoms with Crippen molar-refractivity contribution >= 4 is 17.5 Å². The first-order valence-electron chi connectivity index (χ1n) is 7.44. The lowest BCUT2D eigenvalue weighted by Crippen LogP contribution is -2.37. The Bertz CT molecular complexity index is 736. The van der Waals surface area contributed by atoms with E-state index in [0.717, 1.165) is 0 Å². The fourth-order valence-electron chi connectivity index (χ4n) is 2.07. The Morgan fingerprint density at radius 3 is 2.56 bits per heavy atom. The number of nitrogens with one attached hydrogen (secondary N) is 2. The number of aliphatic hydroxyl groups excluding tert-OH is 1. The van der Waals surface area contributed by atoms with Crippen molar-refractivity contribution in [1.29, 1.82) is 0 Å². The van der Waals surface area contributed by atoms with Crippen LogP contribution in [-0.4, -0.2) is 42.7 Å². The van der Waals surface area contributed by atoms with Crippen molar-refractivity contribution in [2.24, 2.45) is 0 Å². The Morgan fingerprint density at radius 2 is 1.92 bits per heavy atom. The van der Waals surface area contributed by atoms with Crippen LogP contribution in [0.3, 0.4) is 0 Å². The number of anilines is 1. The van der Waals surface area contributed by atoms with E-state index in [-0.39, 0.29) is 6.54 Å². The van der Waals surface area contributed by atoms with Gasteiger partial charge < -0.3 is 25.2 Å². The van der Waals surface area contributed by atoms with Crippen molar-refractivity contribution in [2.45, 2.75) is 6.10 Å². The maximum atomic E-state index is 11.8. The molecule has 0 spiro atoms. The maximum Gasteiger partial charge on any atom is 0.313 e. The number of methoxy groups -OCH3 is 2. The lowest BCUT2D eigenvalue weighted by Gasteiger charge is -2.15. The summed E-state index contributed by atoms with van der Waals surface area (Å²) in [6.07, 6.45) is 1.97. The highest BCUT2D eigenvalue weighted by Crippen LogP contribution is 2.29. The molecule has 0 aliphatic heterocycles. The van der Waals surface area contributed by atoms with Crippen LogP contribution in [0.5, 0.6) is 11.5 Å². The Kier molecular flexibility index (Phi) is 6.30. The molecule has 1 aromatic carbocycles. The molecule has 1 unspecified atom stereocenters. The van der Waals surface area contributed by atoms with Crippen LogP contribution in [0.4, 0.5) is 5.69 Å². The number of amides is 2. The van der Waals surface area contributed by atoms with Gasteiger partial charge >= 0.3 is 11.8 Å². The first-order chi connectivity index (χ1) is 12.0. The van der Waals surface area contributed by atoms with Gasteiger partial charge in [0.25, 0.3) is 0 Å². The second-order valence-electron chi connectivity index (χ2n) is 5.04. The van der Waals surface area contributed by atoms with Crippen LogP contribution in [0, 0.1) is 0 Å². The molecule has 132 valence electrons. The number of carbonyl (C=O) groups excluding carboxylic acids is 2. The van der Waals surface area contributed by atoms with Crippen molar-refractivity contribution in [3.05, 3.63) is 48.3 Å². The second kappa shape index (κ2) is 8.65. The molecule has 0 aliphatic rings. The van der Waals surface area contributed by atoms with Crippen LogP contribution in [-0.2, 0) is 9.59 Å². The fourth-order valence-corrected chi connectivity index (χ4v) is 2.07. The predicted molar refractivity (Wildman–Crippen MR) is 90.4 cm³/mol. The maximum absolute atomic E-state index is 11.8. The number of aromatic nitrogens is 1. The SMILES string of the molecule is COc1ccc(C(O)CNC(=O)C(=O)Nc2cccnc2)cc1OC. The van der Waals surface area contributed by atoms with E-state index < -0.39 is 17.9 Å². The minimum absolute atomic E-state index is 0.130. The van der Waals surface area contributed by atoms with Gasteiger partial charge in [-0.25, -0.2) is 0 Å². The van der Waals surface area contributed by atoms with Crippen LogP contribution >= 0.6 is 0 Å². The number of rotatable bonds is 6. The van der Waals surface area contributed by atoms with Gasteiger partial charge in [0.2, 0.25) is 0 Å². The molecule has 2 rings (SSSR count). The molecule has 1 atom stereocenters. The lowest BCUT2D eigenvalue weighted by molar-refractivity contribution is -0.136. The Labute approximate surface area is 144 Å². The largest absolute Gasteiger partial charge is 0.493 e. The summed E-state index contributed by atoms with van der Waals surface area (Å²) in [5.74, 6) is -0.714. The average molecular weight is 345 g/mol. The highest BCUT2D eigenvalue weighted by Gasteiger charge is 2.17. The number of hydrogen-bond acceptors (Lipinski definition) is 6. The molecule has 8 heteroatoms. The number of carbonyl (C=O) groups is 2. The molecule has 0 saturated heterocycles. The Hall–Kier alpha value is -3.13. The molecule has 3 N–H and O–H groups in total. The van der Waals surface area contributed by atoms with Crippen molar-refractivity contribution in [1.82, 2.24) is 10.3 Å². The summed E-state index contributed by atoms with van der Waals surface area (Å²) in [5, 5.41) is 15.0. The van der Waals surface area contributed by atoms with E-state index in [1.807, 2.05) is 0 Å². The van der Waals surface area contributed by atoms with E-state index in [0.29, 0.717) is 22.7 Å². The monoisotopic (exact) mass is 345 g/mol. The second-order valence-corrected chi connectivity index (χ2v) is 5.04. The third kappa shape index (κ3) is 4.92. The molecule has 2 amide bonds. The van der Waals surface area contributed by atoms with Gasteiger partial charge in [0.15, 0.2) is 11.5 Å². The van der Waals surface area contributed by atoms with E-state index in [4.69, 9.17) is 9.47 Å². The summed E-state index contributed by atoms with van der Waals surface area (Å²) in [6, 6.07) is 8.14. The van der Waals surface area contributed by atoms with E-state index in [1.54, 1.807) is 36.5 Å². The highest BCUT2D eigenvalue weighted by atomic mass is 16.5. The first kappa shape index (κ1) is 18.2. The molecule has 0 aliphatic carbocycles. The molecule has 8 nitrogen and oxygen atoms in total. The van der Waals surface area contributed by atoms with Gasteiger partial charge in [-0.3, -0.25) is 14.6 Å². The van der Waals surface area contributed by atoms with Crippen molar-refractivity contribution in [3.8, 4) is 11.5 Å². The molecular weight excluding hydrogens is 326 g/mol. The topological polar surface area (TPSA) is 110 Å². The van der Waals surface area contributed by atoms with E-state index >= 15 is 0 Å². The van der Waals surface area contributed by atoms with Gasteiger partial charge in [-0.1, -0.05) is 6.07 Å². The van der Waals surface area contributed by atoms with E-state index in [1.165, 1.54) is 20.4 Å². The summed E-state index contributed by atoms with van der Waals surface area (Å²) in [6.45, 7) is -0.130. The molecule has 1 aromatic heterocycles. The quantitative estimate of drug-likeness (QED) is 0.671. The van der Waals surface area contributed by atoms with E-state index in [9.17, 15) is 14.7 Å². The lowest BCUT2D eigenvalue weighted by atomic mass is 10.1. The van der Waals surface area contributed by atoms with Crippen LogP contribution in [0.15, 0.2) is 42.7 Å². The number of benzene rings is 1. The summed E-state index contributed by atoms with van der Waals surface area (Å²) < 4.78 is 10.3. The molecule has 1 heterocycles. The van der Waals surface area contributed by atoms with Gasteiger partial charge in [0, 0.05) is 12.7 Å². The molecule has 25 heavy (non-hydrogen) atoms. The minimum atomic E-state index is -1.00. The normalized spacial score (nSPS) is 11.3. The van der Waals surface area contributed by atoms with Gasteiger partial charge in [-0.15, -0.1) is 0 Å². The standard InChI is InChI=1S/C17H19N3O5/c1-24-14-6-5-11(8-15(14)25-2)13(21)10-19-16(22)17(23)20-12-4-3-7-18-9-12/h3-9,13,21H,10H2,1-2H3,(H,19,22)(H,20,23). The van der Waals surface area contributed by atoms with Crippen LogP contribution < -0.4 is 20.1 Å². The number of ether oxygens (including phenoxy) is 2. The zero-order chi connectivity index (χ0) is 18.2. The van der Waals surface area contributed by atoms with Gasteiger partial charge in [0.05, 0.1) is 32.2 Å². The average Bonchev–Trinajstić information content (AvgIpc) is 2.65. The molecule has 0 radical (unpaired) electrons. The molecule has 0 fully saturated rings. The highest BCUT2D eigenvalue weighted by molar-refractivity contribution is 6.39. The molecule has 2 aromatic rings.